The van der Waals surface area contributed by atoms with Crippen LogP contribution >= 0.6 is 0 Å². The van der Waals surface area contributed by atoms with E-state index in [1.54, 1.807) is 24.8 Å². The first-order valence-corrected chi connectivity index (χ1v) is 9.07. The fraction of sp³-hybridized carbons (Fsp3) is 0. The molecule has 0 atom stereocenters. The Morgan fingerprint density at radius 3 is 0.862 bits per heavy atom. The molecule has 0 radical (unpaired) electrons. The third kappa shape index (κ3) is 3.71. The zero-order valence-electron chi connectivity index (χ0n) is 15.3. The molecule has 5 heteroatoms. The molecule has 29 heavy (non-hydrogen) atoms. The molecule has 0 saturated carbocycles. The molecule has 0 bridgehead atoms. The van der Waals surface area contributed by atoms with E-state index >= 15 is 0 Å². The monoisotopic (exact) mass is 466 g/mol. The van der Waals surface area contributed by atoms with Crippen molar-refractivity contribution >= 4 is 47.1 Å². The molecular formula is C24H16N4Pd-4. The summed E-state index contributed by atoms with van der Waals surface area (Å²) in [5.41, 5.74) is 3.91. The Morgan fingerprint density at radius 1 is 0.379 bits per heavy atom. The standard InChI is InChI=1S/2C12H8N2.Pd/c2*1-3-9-5-6-10-4-2-8-14-12(10)11(9)13-7-1;/h2*1-8H;/q2*-2;. The maximum Gasteiger partial charge on any atom is 0 e. The van der Waals surface area contributed by atoms with Crippen LogP contribution in [0.4, 0.5) is 22.7 Å². The van der Waals surface area contributed by atoms with Crippen LogP contribution in [0.2, 0.25) is 0 Å². The summed E-state index contributed by atoms with van der Waals surface area (Å²) in [7, 11) is 0. The van der Waals surface area contributed by atoms with Crippen LogP contribution in [-0.2, 0) is 20.4 Å². The Morgan fingerprint density at radius 2 is 0.621 bits per heavy atom. The molecule has 2 aromatic rings. The average molecular weight is 467 g/mol. The molecule has 0 aromatic heterocycles. The molecule has 0 N–H and O–H groups in total. The van der Waals surface area contributed by atoms with Crippen LogP contribution < -0.4 is 20.9 Å². The Balaban J connectivity index is 0.000000137. The largest absolute Gasteiger partial charge is 0.665 e. The van der Waals surface area contributed by atoms with E-state index in [-0.39, 0.29) is 20.4 Å². The predicted octanol–water partition coefficient (Wildman–Crippen LogP) is 4.62. The number of rotatable bonds is 0. The van der Waals surface area contributed by atoms with Crippen molar-refractivity contribution in [3.8, 4) is 0 Å². The van der Waals surface area contributed by atoms with Crippen molar-refractivity contribution < 1.29 is 20.4 Å². The quantitative estimate of drug-likeness (QED) is 0.509. The van der Waals surface area contributed by atoms with Crippen LogP contribution in [0.25, 0.3) is 45.6 Å². The number of allylic oxidation sites excluding steroid dienone is 4. The first-order valence-electron chi connectivity index (χ1n) is 9.07. The summed E-state index contributed by atoms with van der Waals surface area (Å²) < 4.78 is 0. The van der Waals surface area contributed by atoms with Crippen LogP contribution in [0.1, 0.15) is 0 Å². The summed E-state index contributed by atoms with van der Waals surface area (Å²) in [6, 6.07) is 8.30. The van der Waals surface area contributed by atoms with Gasteiger partial charge in [0.05, 0.1) is 0 Å². The molecule has 0 unspecified atom stereocenters. The van der Waals surface area contributed by atoms with Gasteiger partial charge in [-0.2, -0.15) is 24.8 Å². The van der Waals surface area contributed by atoms with Gasteiger partial charge in [-0.1, -0.05) is 72.9 Å². The van der Waals surface area contributed by atoms with Crippen molar-refractivity contribution in [3.63, 3.8) is 0 Å². The van der Waals surface area contributed by atoms with Crippen LogP contribution in [0.3, 0.4) is 0 Å². The average Bonchev–Trinajstić information content (AvgIpc) is 2.79. The molecule has 4 nitrogen and oxygen atoms in total. The molecule has 0 aliphatic carbocycles. The minimum atomic E-state index is 0. The van der Waals surface area contributed by atoms with Crippen molar-refractivity contribution in [1.29, 1.82) is 0 Å². The van der Waals surface area contributed by atoms with E-state index in [9.17, 15) is 0 Å². The molecule has 4 aliphatic heterocycles. The molecule has 146 valence electrons. The van der Waals surface area contributed by atoms with E-state index in [4.69, 9.17) is 0 Å². The molecule has 0 amide bonds. The van der Waals surface area contributed by atoms with E-state index < -0.39 is 0 Å². The van der Waals surface area contributed by atoms with Crippen LogP contribution in [0, 0.1) is 0 Å². The van der Waals surface area contributed by atoms with E-state index in [0.29, 0.717) is 0 Å². The summed E-state index contributed by atoms with van der Waals surface area (Å²) >= 11 is 0. The second-order valence-corrected chi connectivity index (χ2v) is 6.43. The van der Waals surface area contributed by atoms with Gasteiger partial charge in [-0.15, -0.1) is 22.7 Å². The van der Waals surface area contributed by atoms with Gasteiger partial charge in [0.15, 0.2) is 0 Å². The van der Waals surface area contributed by atoms with Gasteiger partial charge >= 0.3 is 0 Å². The SMILES string of the molecule is C1=C[N-]c2c3c(ccc2=C1)=CC=C[N-]3.C1=C[N-]c2c3c(ccc2=C1)=CC=C[N-]3.[Pd]. The van der Waals surface area contributed by atoms with Crippen LogP contribution in [0.5, 0.6) is 0 Å². The third-order valence-electron chi connectivity index (χ3n) is 4.69. The molecule has 4 aliphatic rings. The van der Waals surface area contributed by atoms with Crippen molar-refractivity contribution in [2.24, 2.45) is 0 Å². The Labute approximate surface area is 182 Å². The third-order valence-corrected chi connectivity index (χ3v) is 4.69. The van der Waals surface area contributed by atoms with E-state index in [1.807, 2.05) is 24.3 Å². The van der Waals surface area contributed by atoms with Crippen molar-refractivity contribution in [2.75, 3.05) is 0 Å². The molecule has 0 spiro atoms. The zero-order chi connectivity index (χ0) is 18.8. The number of nitrogens with zero attached hydrogens (tertiary/aromatic N) is 4. The number of hydrogen-bond acceptors (Lipinski definition) is 0. The predicted molar refractivity (Wildman–Crippen MR) is 118 cm³/mol. The van der Waals surface area contributed by atoms with Gasteiger partial charge < -0.3 is 21.3 Å². The first-order chi connectivity index (χ1) is 13.9. The fourth-order valence-corrected chi connectivity index (χ4v) is 3.36. The Bertz CT molecular complexity index is 1110. The Kier molecular flexibility index (Phi) is 5.53. The summed E-state index contributed by atoms with van der Waals surface area (Å²) in [5.74, 6) is 0. The second kappa shape index (κ2) is 8.40. The summed E-state index contributed by atoms with van der Waals surface area (Å²) in [4.78, 5) is 0. The summed E-state index contributed by atoms with van der Waals surface area (Å²) in [6.45, 7) is 0. The van der Waals surface area contributed by atoms with Gasteiger partial charge in [0.1, 0.15) is 0 Å². The molecule has 6 rings (SSSR count). The van der Waals surface area contributed by atoms with Gasteiger partial charge in [-0.3, -0.25) is 0 Å². The van der Waals surface area contributed by atoms with Crippen molar-refractivity contribution in [1.82, 2.24) is 0 Å². The summed E-state index contributed by atoms with van der Waals surface area (Å²) in [5, 5.41) is 21.9. The van der Waals surface area contributed by atoms with E-state index in [0.717, 1.165) is 43.6 Å². The topological polar surface area (TPSA) is 56.4 Å². The van der Waals surface area contributed by atoms with Crippen molar-refractivity contribution in [2.45, 2.75) is 0 Å². The number of fused-ring (bicyclic) bond motifs is 6. The van der Waals surface area contributed by atoms with Gasteiger partial charge in [0, 0.05) is 20.4 Å². The van der Waals surface area contributed by atoms with E-state index in [1.165, 1.54) is 0 Å². The molecule has 2 aromatic carbocycles. The van der Waals surface area contributed by atoms with Crippen LogP contribution in [0.15, 0.2) is 73.4 Å². The fourth-order valence-electron chi connectivity index (χ4n) is 3.36. The first kappa shape index (κ1) is 19.1. The van der Waals surface area contributed by atoms with Crippen molar-refractivity contribution in [3.05, 3.63) is 116 Å². The maximum absolute atomic E-state index is 4.35. The van der Waals surface area contributed by atoms with Gasteiger partial charge in [-0.05, 0) is 20.9 Å². The van der Waals surface area contributed by atoms with Gasteiger partial charge in [-0.25, -0.2) is 0 Å². The number of hydrogen-bond donors (Lipinski definition) is 0. The normalized spacial score (nSPS) is 14.9. The molecule has 4 heterocycles. The van der Waals surface area contributed by atoms with Gasteiger partial charge in [0.25, 0.3) is 0 Å². The maximum atomic E-state index is 4.35. The van der Waals surface area contributed by atoms with Crippen LogP contribution in [-0.4, -0.2) is 0 Å². The molecular weight excluding hydrogens is 451 g/mol. The molecule has 0 fully saturated rings. The van der Waals surface area contributed by atoms with E-state index in [2.05, 4.69) is 69.8 Å². The molecule has 0 saturated heterocycles. The number of benzene rings is 2. The smallest absolute Gasteiger partial charge is 0 e. The minimum absolute atomic E-state index is 0. The Hall–Kier alpha value is -3.26. The van der Waals surface area contributed by atoms with Gasteiger partial charge in [0.2, 0.25) is 0 Å². The summed E-state index contributed by atoms with van der Waals surface area (Å²) in [6.07, 6.45) is 23.2. The zero-order valence-corrected chi connectivity index (χ0v) is 16.9. The second-order valence-electron chi connectivity index (χ2n) is 6.43. The minimum Gasteiger partial charge on any atom is -0.665 e.